The Balaban J connectivity index is 2.14. The molecule has 1 aromatic heterocycles. The standard InChI is InChI=1S/C13H9ClOS/c14-11-5-3-10(4-6-11)13(15)8-7-12-2-1-9-16-12/h1-6,9,13,15H. The molecular weight excluding hydrogens is 240 g/mol. The molecule has 0 aliphatic heterocycles. The Morgan fingerprint density at radius 1 is 1.19 bits per heavy atom. The molecule has 0 saturated heterocycles. The molecule has 1 N–H and O–H groups in total. The summed E-state index contributed by atoms with van der Waals surface area (Å²) in [6, 6.07) is 10.9. The summed E-state index contributed by atoms with van der Waals surface area (Å²) in [5.74, 6) is 5.72. The van der Waals surface area contributed by atoms with Gasteiger partial charge in [-0.1, -0.05) is 41.6 Å². The highest BCUT2D eigenvalue weighted by Crippen LogP contribution is 2.16. The molecule has 0 aliphatic carbocycles. The summed E-state index contributed by atoms with van der Waals surface area (Å²) in [4.78, 5) is 0.952. The average Bonchev–Trinajstić information content (AvgIpc) is 2.80. The van der Waals surface area contributed by atoms with Crippen molar-refractivity contribution in [3.8, 4) is 11.8 Å². The van der Waals surface area contributed by atoms with Crippen LogP contribution in [0.25, 0.3) is 0 Å². The topological polar surface area (TPSA) is 20.2 Å². The third-order valence-corrected chi connectivity index (χ3v) is 3.08. The van der Waals surface area contributed by atoms with Gasteiger partial charge in [0.15, 0.2) is 0 Å². The van der Waals surface area contributed by atoms with Gasteiger partial charge >= 0.3 is 0 Å². The van der Waals surface area contributed by atoms with Crippen LogP contribution in [-0.2, 0) is 0 Å². The molecule has 1 heterocycles. The van der Waals surface area contributed by atoms with E-state index in [0.29, 0.717) is 5.02 Å². The number of aliphatic hydroxyl groups excluding tert-OH is 1. The van der Waals surface area contributed by atoms with Gasteiger partial charge in [-0.2, -0.15) is 0 Å². The van der Waals surface area contributed by atoms with Gasteiger partial charge in [-0.05, 0) is 29.1 Å². The van der Waals surface area contributed by atoms with E-state index in [1.807, 2.05) is 17.5 Å². The van der Waals surface area contributed by atoms with Crippen molar-refractivity contribution in [2.45, 2.75) is 6.10 Å². The molecule has 0 fully saturated rings. The zero-order valence-corrected chi connectivity index (χ0v) is 9.92. The van der Waals surface area contributed by atoms with Crippen molar-refractivity contribution >= 4 is 22.9 Å². The highest BCUT2D eigenvalue weighted by Gasteiger charge is 2.02. The molecule has 1 aromatic carbocycles. The summed E-state index contributed by atoms with van der Waals surface area (Å²) in [5, 5.41) is 12.4. The van der Waals surface area contributed by atoms with Crippen molar-refractivity contribution in [2.75, 3.05) is 0 Å². The first kappa shape index (κ1) is 11.2. The van der Waals surface area contributed by atoms with Gasteiger partial charge in [0.25, 0.3) is 0 Å². The maximum Gasteiger partial charge on any atom is 0.140 e. The summed E-state index contributed by atoms with van der Waals surface area (Å²) in [6.07, 6.45) is -0.764. The maximum atomic E-state index is 9.80. The van der Waals surface area contributed by atoms with Crippen LogP contribution in [0, 0.1) is 11.8 Å². The first-order valence-corrected chi connectivity index (χ1v) is 6.00. The Morgan fingerprint density at radius 3 is 2.56 bits per heavy atom. The first-order chi connectivity index (χ1) is 7.75. The van der Waals surface area contributed by atoms with Crippen LogP contribution in [0.15, 0.2) is 41.8 Å². The lowest BCUT2D eigenvalue weighted by atomic mass is 10.1. The van der Waals surface area contributed by atoms with Gasteiger partial charge in [0.1, 0.15) is 6.10 Å². The normalized spacial score (nSPS) is 11.6. The third kappa shape index (κ3) is 2.86. The predicted molar refractivity (Wildman–Crippen MR) is 67.6 cm³/mol. The lowest BCUT2D eigenvalue weighted by Crippen LogP contribution is -1.92. The quantitative estimate of drug-likeness (QED) is 0.766. The number of thiophene rings is 1. The van der Waals surface area contributed by atoms with Crippen LogP contribution in [0.3, 0.4) is 0 Å². The van der Waals surface area contributed by atoms with Crippen LogP contribution in [0.1, 0.15) is 16.5 Å². The number of hydrogen-bond donors (Lipinski definition) is 1. The Labute approximate surface area is 103 Å². The number of hydrogen-bond acceptors (Lipinski definition) is 2. The van der Waals surface area contributed by atoms with Crippen LogP contribution in [0.5, 0.6) is 0 Å². The molecule has 0 saturated carbocycles. The van der Waals surface area contributed by atoms with E-state index in [-0.39, 0.29) is 0 Å². The van der Waals surface area contributed by atoms with Crippen LogP contribution in [-0.4, -0.2) is 5.11 Å². The van der Waals surface area contributed by atoms with Crippen molar-refractivity contribution in [3.63, 3.8) is 0 Å². The second-order valence-electron chi connectivity index (χ2n) is 3.20. The summed E-state index contributed by atoms with van der Waals surface area (Å²) in [7, 11) is 0. The minimum Gasteiger partial charge on any atom is -0.376 e. The van der Waals surface area contributed by atoms with Gasteiger partial charge in [0.05, 0.1) is 4.88 Å². The lowest BCUT2D eigenvalue weighted by Gasteiger charge is -2.02. The molecule has 0 bridgehead atoms. The second kappa shape index (κ2) is 5.18. The van der Waals surface area contributed by atoms with Gasteiger partial charge in [-0.3, -0.25) is 0 Å². The van der Waals surface area contributed by atoms with E-state index in [9.17, 15) is 5.11 Å². The van der Waals surface area contributed by atoms with Gasteiger partial charge in [-0.15, -0.1) is 11.3 Å². The van der Waals surface area contributed by atoms with Crippen LogP contribution < -0.4 is 0 Å². The molecule has 80 valence electrons. The summed E-state index contributed by atoms with van der Waals surface area (Å²) in [5.41, 5.74) is 0.758. The van der Waals surface area contributed by atoms with E-state index in [1.165, 1.54) is 0 Å². The predicted octanol–water partition coefficient (Wildman–Crippen LogP) is 3.49. The zero-order valence-electron chi connectivity index (χ0n) is 8.35. The smallest absolute Gasteiger partial charge is 0.140 e. The second-order valence-corrected chi connectivity index (χ2v) is 4.58. The number of aliphatic hydroxyl groups is 1. The van der Waals surface area contributed by atoms with Crippen molar-refractivity contribution < 1.29 is 5.11 Å². The fraction of sp³-hybridized carbons (Fsp3) is 0.0769. The maximum absolute atomic E-state index is 9.80. The van der Waals surface area contributed by atoms with Crippen molar-refractivity contribution in [1.29, 1.82) is 0 Å². The van der Waals surface area contributed by atoms with E-state index in [4.69, 9.17) is 11.6 Å². The molecule has 0 aliphatic rings. The van der Waals surface area contributed by atoms with Crippen LogP contribution >= 0.6 is 22.9 Å². The molecule has 1 nitrogen and oxygen atoms in total. The fourth-order valence-electron chi connectivity index (χ4n) is 1.22. The van der Waals surface area contributed by atoms with Crippen molar-refractivity contribution in [1.82, 2.24) is 0 Å². The Kier molecular flexibility index (Phi) is 3.63. The molecule has 3 heteroatoms. The number of benzene rings is 1. The van der Waals surface area contributed by atoms with Crippen molar-refractivity contribution in [2.24, 2.45) is 0 Å². The summed E-state index contributed by atoms with van der Waals surface area (Å²) >= 11 is 7.32. The van der Waals surface area contributed by atoms with Gasteiger partial charge < -0.3 is 5.11 Å². The minimum atomic E-state index is -0.764. The molecule has 1 unspecified atom stereocenters. The Morgan fingerprint density at radius 2 is 1.94 bits per heavy atom. The average molecular weight is 249 g/mol. The van der Waals surface area contributed by atoms with Gasteiger partial charge in [0, 0.05) is 5.02 Å². The lowest BCUT2D eigenvalue weighted by molar-refractivity contribution is 0.238. The van der Waals surface area contributed by atoms with E-state index in [1.54, 1.807) is 35.6 Å². The van der Waals surface area contributed by atoms with Gasteiger partial charge in [0.2, 0.25) is 0 Å². The van der Waals surface area contributed by atoms with E-state index in [2.05, 4.69) is 11.8 Å². The van der Waals surface area contributed by atoms with E-state index < -0.39 is 6.10 Å². The Bertz CT molecular complexity index is 505. The summed E-state index contributed by atoms with van der Waals surface area (Å²) in [6.45, 7) is 0. The zero-order chi connectivity index (χ0) is 11.4. The van der Waals surface area contributed by atoms with Crippen LogP contribution in [0.2, 0.25) is 5.02 Å². The molecule has 0 amide bonds. The molecular formula is C13H9ClOS. The summed E-state index contributed by atoms with van der Waals surface area (Å²) < 4.78 is 0. The molecule has 16 heavy (non-hydrogen) atoms. The first-order valence-electron chi connectivity index (χ1n) is 4.74. The monoisotopic (exact) mass is 248 g/mol. The third-order valence-electron chi connectivity index (χ3n) is 2.04. The SMILES string of the molecule is OC(C#Cc1cccs1)c1ccc(Cl)cc1. The minimum absolute atomic E-state index is 0.655. The molecule has 0 spiro atoms. The molecule has 2 rings (SSSR count). The van der Waals surface area contributed by atoms with Crippen LogP contribution in [0.4, 0.5) is 0 Å². The highest BCUT2D eigenvalue weighted by molar-refractivity contribution is 7.10. The van der Waals surface area contributed by atoms with Gasteiger partial charge in [-0.25, -0.2) is 0 Å². The fourth-order valence-corrected chi connectivity index (χ4v) is 1.92. The van der Waals surface area contributed by atoms with Crippen molar-refractivity contribution in [3.05, 3.63) is 57.2 Å². The molecule has 0 radical (unpaired) electrons. The van der Waals surface area contributed by atoms with E-state index >= 15 is 0 Å². The Hall–Kier alpha value is -1.27. The number of rotatable bonds is 1. The largest absolute Gasteiger partial charge is 0.376 e. The number of halogens is 1. The van der Waals surface area contributed by atoms with E-state index in [0.717, 1.165) is 10.4 Å². The molecule has 1 atom stereocenters. The molecule has 2 aromatic rings. The highest BCUT2D eigenvalue weighted by atomic mass is 35.5.